The molecule has 37 heavy (non-hydrogen) atoms. The lowest BCUT2D eigenvalue weighted by Gasteiger charge is -2.63. The lowest BCUT2D eigenvalue weighted by atomic mass is 9.43. The standard InChI is InChI=1S/C30H44BrNO4S/c1-5-22(24-8-9-26(31)37-24)32-27(36)12-16(2)19-6-7-20-28-21(15-25(35)30(19,20)4)29(3)11-10-18(33)13-17(29)14-23(28)34/h8-9,16-17,19-23,25,28,34-35H,5-7,10-15H2,1-4H3,(H,32,36)/t16-,17+,19?,20+,21+,22-,23-,25+,28+,29+,30-/m1/s1. The van der Waals surface area contributed by atoms with E-state index in [0.717, 1.165) is 29.5 Å². The molecule has 5 rings (SSSR count). The van der Waals surface area contributed by atoms with Gasteiger partial charge in [0.05, 0.1) is 22.0 Å². The SMILES string of the molecule is CC[C@@H](NC(=O)C[C@@H](C)C1CC[C@H]2[C@@H]3[C@H](O)C[C@@H]4CC(=O)CC[C@]4(C)[C@H]3C[C@H](O)[C@]12C)c1ccc(Br)s1. The van der Waals surface area contributed by atoms with Crippen molar-refractivity contribution in [2.45, 2.75) is 104 Å². The molecule has 4 fully saturated rings. The zero-order valence-corrected chi connectivity index (χ0v) is 25.1. The maximum atomic E-state index is 13.2. The topological polar surface area (TPSA) is 86.6 Å². The van der Waals surface area contributed by atoms with E-state index in [1.54, 1.807) is 11.3 Å². The van der Waals surface area contributed by atoms with Crippen LogP contribution in [0.1, 0.15) is 96.4 Å². The Morgan fingerprint density at radius 1 is 1.22 bits per heavy atom. The van der Waals surface area contributed by atoms with Crippen LogP contribution in [0.5, 0.6) is 0 Å². The van der Waals surface area contributed by atoms with E-state index in [1.165, 1.54) is 4.88 Å². The van der Waals surface area contributed by atoms with Crippen molar-refractivity contribution >= 4 is 39.0 Å². The third-order valence-electron chi connectivity index (χ3n) is 11.6. The fourth-order valence-corrected chi connectivity index (χ4v) is 11.1. The third-order valence-corrected chi connectivity index (χ3v) is 13.3. The predicted molar refractivity (Wildman–Crippen MR) is 150 cm³/mol. The van der Waals surface area contributed by atoms with E-state index in [2.05, 4.69) is 55.0 Å². The molecule has 206 valence electrons. The summed E-state index contributed by atoms with van der Waals surface area (Å²) < 4.78 is 1.07. The second-order valence-corrected chi connectivity index (χ2v) is 15.7. The highest BCUT2D eigenvalue weighted by atomic mass is 79.9. The Kier molecular flexibility index (Phi) is 7.76. The number of rotatable bonds is 6. The maximum Gasteiger partial charge on any atom is 0.220 e. The molecule has 1 heterocycles. The number of aliphatic hydroxyl groups excluding tert-OH is 2. The Bertz CT molecular complexity index is 1030. The van der Waals surface area contributed by atoms with Gasteiger partial charge < -0.3 is 15.5 Å². The lowest BCUT2D eigenvalue weighted by Crippen LogP contribution is -2.62. The summed E-state index contributed by atoms with van der Waals surface area (Å²) in [5.41, 5.74) is -0.270. The van der Waals surface area contributed by atoms with Gasteiger partial charge in [0, 0.05) is 24.1 Å². The Morgan fingerprint density at radius 3 is 2.65 bits per heavy atom. The molecular weight excluding hydrogens is 550 g/mol. The smallest absolute Gasteiger partial charge is 0.220 e. The van der Waals surface area contributed by atoms with Crippen LogP contribution in [0.3, 0.4) is 0 Å². The Balaban J connectivity index is 1.31. The molecule has 0 spiro atoms. The summed E-state index contributed by atoms with van der Waals surface area (Å²) >= 11 is 5.19. The minimum Gasteiger partial charge on any atom is -0.393 e. The fourth-order valence-electron chi connectivity index (χ4n) is 9.52. The predicted octanol–water partition coefficient (Wildman–Crippen LogP) is 6.27. The second kappa shape index (κ2) is 10.3. The average Bonchev–Trinajstić information content (AvgIpc) is 3.43. The van der Waals surface area contributed by atoms with E-state index in [0.29, 0.717) is 37.9 Å². The van der Waals surface area contributed by atoms with Crippen molar-refractivity contribution in [3.63, 3.8) is 0 Å². The van der Waals surface area contributed by atoms with Gasteiger partial charge in [0.25, 0.3) is 0 Å². The van der Waals surface area contributed by atoms with Crippen LogP contribution in [0.2, 0.25) is 0 Å². The first-order valence-corrected chi connectivity index (χ1v) is 16.0. The van der Waals surface area contributed by atoms with Gasteiger partial charge in [0.1, 0.15) is 5.78 Å². The zero-order chi connectivity index (χ0) is 26.7. The molecular formula is C30H44BrNO4S. The van der Waals surface area contributed by atoms with Crippen molar-refractivity contribution < 1.29 is 19.8 Å². The molecule has 7 heteroatoms. The molecule has 4 aliphatic rings. The first-order valence-electron chi connectivity index (χ1n) is 14.4. The lowest BCUT2D eigenvalue weighted by molar-refractivity contribution is -0.201. The summed E-state index contributed by atoms with van der Waals surface area (Å²) in [4.78, 5) is 26.6. The molecule has 1 amide bonds. The van der Waals surface area contributed by atoms with E-state index in [9.17, 15) is 19.8 Å². The Labute approximate surface area is 234 Å². The molecule has 5 nitrogen and oxygen atoms in total. The molecule has 0 bridgehead atoms. The van der Waals surface area contributed by atoms with E-state index in [-0.39, 0.29) is 58.3 Å². The number of carbonyl (C=O) groups excluding carboxylic acids is 2. The van der Waals surface area contributed by atoms with Gasteiger partial charge in [-0.05, 0) is 113 Å². The Hall–Kier alpha value is -0.760. The molecule has 0 aromatic carbocycles. The highest BCUT2D eigenvalue weighted by molar-refractivity contribution is 9.11. The van der Waals surface area contributed by atoms with E-state index >= 15 is 0 Å². The van der Waals surface area contributed by atoms with E-state index in [4.69, 9.17) is 0 Å². The highest BCUT2D eigenvalue weighted by Crippen LogP contribution is 2.68. The van der Waals surface area contributed by atoms with Crippen LogP contribution in [0.4, 0.5) is 0 Å². The fraction of sp³-hybridized carbons (Fsp3) is 0.800. The van der Waals surface area contributed by atoms with Crippen molar-refractivity contribution in [1.82, 2.24) is 5.32 Å². The number of fused-ring (bicyclic) bond motifs is 5. The van der Waals surface area contributed by atoms with Crippen molar-refractivity contribution in [1.29, 1.82) is 0 Å². The number of ketones is 1. The number of Topliss-reactive ketones (excluding diaryl/α,β-unsaturated/α-hetero) is 1. The van der Waals surface area contributed by atoms with Crippen LogP contribution in [-0.2, 0) is 9.59 Å². The van der Waals surface area contributed by atoms with Gasteiger partial charge in [-0.3, -0.25) is 9.59 Å². The number of carbonyl (C=O) groups is 2. The van der Waals surface area contributed by atoms with Gasteiger partial charge in [-0.2, -0.15) is 0 Å². The molecule has 1 aromatic rings. The summed E-state index contributed by atoms with van der Waals surface area (Å²) in [7, 11) is 0. The van der Waals surface area contributed by atoms with Crippen molar-refractivity contribution in [3.05, 3.63) is 20.8 Å². The number of hydrogen-bond acceptors (Lipinski definition) is 5. The normalized spacial score (nSPS) is 42.9. The van der Waals surface area contributed by atoms with Crippen LogP contribution >= 0.6 is 27.3 Å². The number of amides is 1. The first kappa shape index (κ1) is 27.8. The molecule has 0 saturated heterocycles. The summed E-state index contributed by atoms with van der Waals surface area (Å²) in [5.74, 6) is 1.75. The van der Waals surface area contributed by atoms with Crippen LogP contribution < -0.4 is 5.32 Å². The summed E-state index contributed by atoms with van der Waals surface area (Å²) in [6.07, 6.45) is 6.00. The van der Waals surface area contributed by atoms with Crippen molar-refractivity contribution in [3.8, 4) is 0 Å². The third kappa shape index (κ3) is 4.68. The maximum absolute atomic E-state index is 13.2. The van der Waals surface area contributed by atoms with Crippen LogP contribution in [-0.4, -0.2) is 34.1 Å². The molecule has 4 aliphatic carbocycles. The van der Waals surface area contributed by atoms with Gasteiger partial charge in [-0.1, -0.05) is 27.7 Å². The summed E-state index contributed by atoms with van der Waals surface area (Å²) in [5, 5.41) is 26.5. The van der Waals surface area contributed by atoms with Gasteiger partial charge in [0.2, 0.25) is 5.91 Å². The van der Waals surface area contributed by atoms with Gasteiger partial charge in [0.15, 0.2) is 0 Å². The minimum absolute atomic E-state index is 0.0235. The molecule has 4 saturated carbocycles. The Morgan fingerprint density at radius 2 is 1.97 bits per heavy atom. The molecule has 1 aromatic heterocycles. The van der Waals surface area contributed by atoms with E-state index < -0.39 is 12.2 Å². The number of halogens is 1. The zero-order valence-electron chi connectivity index (χ0n) is 22.7. The number of thiophene rings is 1. The highest BCUT2D eigenvalue weighted by Gasteiger charge is 2.65. The summed E-state index contributed by atoms with van der Waals surface area (Å²) in [6, 6.07) is 4.13. The van der Waals surface area contributed by atoms with Crippen LogP contribution in [0.25, 0.3) is 0 Å². The van der Waals surface area contributed by atoms with Gasteiger partial charge >= 0.3 is 0 Å². The second-order valence-electron chi connectivity index (χ2n) is 13.2. The monoisotopic (exact) mass is 593 g/mol. The van der Waals surface area contributed by atoms with Crippen LogP contribution in [0, 0.1) is 46.3 Å². The number of nitrogens with one attached hydrogen (secondary N) is 1. The van der Waals surface area contributed by atoms with Gasteiger partial charge in [-0.25, -0.2) is 0 Å². The van der Waals surface area contributed by atoms with Crippen molar-refractivity contribution in [2.24, 2.45) is 46.3 Å². The number of aliphatic hydroxyl groups is 2. The molecule has 0 radical (unpaired) electrons. The minimum atomic E-state index is -0.441. The average molecular weight is 595 g/mol. The molecule has 0 aliphatic heterocycles. The number of hydrogen-bond donors (Lipinski definition) is 3. The molecule has 11 atom stereocenters. The molecule has 1 unspecified atom stereocenters. The quantitative estimate of drug-likeness (QED) is 0.362. The molecule has 3 N–H and O–H groups in total. The largest absolute Gasteiger partial charge is 0.393 e. The van der Waals surface area contributed by atoms with Gasteiger partial charge in [-0.15, -0.1) is 11.3 Å². The first-order chi connectivity index (χ1) is 17.5. The van der Waals surface area contributed by atoms with Crippen LogP contribution in [0.15, 0.2) is 15.9 Å². The van der Waals surface area contributed by atoms with Crippen molar-refractivity contribution in [2.75, 3.05) is 0 Å². The van der Waals surface area contributed by atoms with E-state index in [1.807, 2.05) is 6.07 Å². The summed E-state index contributed by atoms with van der Waals surface area (Å²) in [6.45, 7) is 8.86.